The molecule has 1 aliphatic carbocycles. The molecule has 0 saturated heterocycles. The number of hydrogen-bond acceptors (Lipinski definition) is 2. The Bertz CT molecular complexity index is 518. The molecule has 0 bridgehead atoms. The largest absolute Gasteiger partial charge is 0.411 e. The molecule has 0 unspecified atom stereocenters. The third kappa shape index (κ3) is 5.96. The zero-order valence-corrected chi connectivity index (χ0v) is 13.5. The van der Waals surface area contributed by atoms with Crippen molar-refractivity contribution in [2.75, 3.05) is 13.2 Å². The van der Waals surface area contributed by atoms with E-state index < -0.39 is 12.8 Å². The van der Waals surface area contributed by atoms with Gasteiger partial charge in [0.05, 0.1) is 13.0 Å². The molecule has 1 saturated carbocycles. The Morgan fingerprint density at radius 2 is 2.09 bits per heavy atom. The van der Waals surface area contributed by atoms with Crippen molar-refractivity contribution >= 4 is 21.8 Å². The van der Waals surface area contributed by atoms with Crippen LogP contribution in [0.4, 0.5) is 13.2 Å². The molecule has 22 heavy (non-hydrogen) atoms. The molecule has 0 heterocycles. The van der Waals surface area contributed by atoms with Crippen molar-refractivity contribution in [2.24, 2.45) is 0 Å². The van der Waals surface area contributed by atoms with Gasteiger partial charge in [0.2, 0.25) is 5.91 Å². The zero-order valence-electron chi connectivity index (χ0n) is 11.9. The molecule has 0 aliphatic heterocycles. The number of rotatable bonds is 7. The molecule has 0 N–H and O–H groups in total. The van der Waals surface area contributed by atoms with E-state index in [0.29, 0.717) is 6.54 Å². The van der Waals surface area contributed by atoms with Gasteiger partial charge in [-0.25, -0.2) is 0 Å². The quantitative estimate of drug-likeness (QED) is 0.672. The van der Waals surface area contributed by atoms with Crippen molar-refractivity contribution < 1.29 is 22.7 Å². The molecule has 1 fully saturated rings. The number of alkyl halides is 3. The molecule has 1 aliphatic rings. The monoisotopic (exact) mass is 379 g/mol. The van der Waals surface area contributed by atoms with Crippen LogP contribution in [0.25, 0.3) is 0 Å². The zero-order chi connectivity index (χ0) is 16.2. The second kappa shape index (κ2) is 7.46. The van der Waals surface area contributed by atoms with E-state index in [1.807, 2.05) is 24.3 Å². The van der Waals surface area contributed by atoms with E-state index in [1.165, 1.54) is 0 Å². The van der Waals surface area contributed by atoms with Gasteiger partial charge in [-0.05, 0) is 30.5 Å². The smallest absolute Gasteiger partial charge is 0.372 e. The van der Waals surface area contributed by atoms with Crippen LogP contribution in [0.5, 0.6) is 0 Å². The Balaban J connectivity index is 1.84. The van der Waals surface area contributed by atoms with E-state index in [2.05, 4.69) is 20.7 Å². The standard InChI is InChI=1S/C15H17BrF3NO2/c16-12-3-1-2-11(8-12)9-20(13-4-5-13)14(21)6-7-22-10-15(17,18)19/h1-3,8,13H,4-7,9-10H2. The molecular formula is C15H17BrF3NO2. The van der Waals surface area contributed by atoms with E-state index in [1.54, 1.807) is 4.90 Å². The van der Waals surface area contributed by atoms with Gasteiger partial charge in [0.15, 0.2) is 0 Å². The van der Waals surface area contributed by atoms with Gasteiger partial charge in [0, 0.05) is 17.1 Å². The minimum Gasteiger partial charge on any atom is -0.372 e. The lowest BCUT2D eigenvalue weighted by Gasteiger charge is -2.23. The van der Waals surface area contributed by atoms with Crippen LogP contribution in [0.2, 0.25) is 0 Å². The minimum atomic E-state index is -4.35. The van der Waals surface area contributed by atoms with Gasteiger partial charge in [-0.15, -0.1) is 0 Å². The van der Waals surface area contributed by atoms with Crippen molar-refractivity contribution in [1.29, 1.82) is 0 Å². The highest BCUT2D eigenvalue weighted by atomic mass is 79.9. The maximum atomic E-state index is 12.2. The van der Waals surface area contributed by atoms with Gasteiger partial charge in [0.1, 0.15) is 6.61 Å². The first-order valence-electron chi connectivity index (χ1n) is 7.03. The highest BCUT2D eigenvalue weighted by Crippen LogP contribution is 2.29. The van der Waals surface area contributed by atoms with Gasteiger partial charge in [-0.1, -0.05) is 28.1 Å². The van der Waals surface area contributed by atoms with Crippen LogP contribution in [0.3, 0.4) is 0 Å². The van der Waals surface area contributed by atoms with Crippen molar-refractivity contribution in [3.05, 3.63) is 34.3 Å². The van der Waals surface area contributed by atoms with E-state index in [-0.39, 0.29) is 25.0 Å². The number of hydrogen-bond donors (Lipinski definition) is 0. The Labute approximate surface area is 135 Å². The summed E-state index contributed by atoms with van der Waals surface area (Å²) in [4.78, 5) is 13.9. The molecule has 1 aromatic rings. The van der Waals surface area contributed by atoms with Crippen molar-refractivity contribution in [3.63, 3.8) is 0 Å². The molecular weight excluding hydrogens is 363 g/mol. The Hall–Kier alpha value is -1.08. The predicted octanol–water partition coefficient (Wildman–Crippen LogP) is 3.91. The number of nitrogens with zero attached hydrogens (tertiary/aromatic N) is 1. The average molecular weight is 380 g/mol. The van der Waals surface area contributed by atoms with Crippen LogP contribution in [0.1, 0.15) is 24.8 Å². The number of ether oxygens (including phenoxy) is 1. The van der Waals surface area contributed by atoms with Crippen LogP contribution in [-0.2, 0) is 16.1 Å². The Morgan fingerprint density at radius 1 is 1.36 bits per heavy atom. The van der Waals surface area contributed by atoms with Crippen molar-refractivity contribution in [2.45, 2.75) is 38.0 Å². The molecule has 1 aromatic carbocycles. The van der Waals surface area contributed by atoms with E-state index in [4.69, 9.17) is 0 Å². The highest BCUT2D eigenvalue weighted by Gasteiger charge is 2.32. The van der Waals surface area contributed by atoms with Crippen LogP contribution in [-0.4, -0.2) is 36.2 Å². The van der Waals surface area contributed by atoms with Gasteiger partial charge < -0.3 is 9.64 Å². The summed E-state index contributed by atoms with van der Waals surface area (Å²) in [7, 11) is 0. The summed E-state index contributed by atoms with van der Waals surface area (Å²) in [5.41, 5.74) is 0.992. The molecule has 3 nitrogen and oxygen atoms in total. The van der Waals surface area contributed by atoms with Crippen LogP contribution >= 0.6 is 15.9 Å². The normalized spacial score (nSPS) is 14.9. The molecule has 0 atom stereocenters. The maximum absolute atomic E-state index is 12.2. The predicted molar refractivity (Wildman–Crippen MR) is 79.2 cm³/mol. The molecule has 7 heteroatoms. The summed E-state index contributed by atoms with van der Waals surface area (Å²) in [5.74, 6) is -0.162. The first-order chi connectivity index (χ1) is 10.3. The fraction of sp³-hybridized carbons (Fsp3) is 0.533. The third-order valence-corrected chi connectivity index (χ3v) is 3.77. The lowest BCUT2D eigenvalue weighted by atomic mass is 10.2. The first-order valence-corrected chi connectivity index (χ1v) is 7.83. The number of amides is 1. The number of benzene rings is 1. The fourth-order valence-electron chi connectivity index (χ4n) is 2.13. The van der Waals surface area contributed by atoms with Gasteiger partial charge >= 0.3 is 6.18 Å². The molecule has 1 amide bonds. The molecule has 0 aromatic heterocycles. The maximum Gasteiger partial charge on any atom is 0.411 e. The van der Waals surface area contributed by atoms with E-state index in [9.17, 15) is 18.0 Å². The summed E-state index contributed by atoms with van der Waals surface area (Å²) in [6, 6.07) is 7.85. The van der Waals surface area contributed by atoms with Gasteiger partial charge in [0.25, 0.3) is 0 Å². The fourth-order valence-corrected chi connectivity index (χ4v) is 2.58. The Kier molecular flexibility index (Phi) is 5.86. The van der Waals surface area contributed by atoms with Crippen LogP contribution < -0.4 is 0 Å². The van der Waals surface area contributed by atoms with E-state index >= 15 is 0 Å². The van der Waals surface area contributed by atoms with Crippen LogP contribution in [0.15, 0.2) is 28.7 Å². The molecule has 122 valence electrons. The van der Waals surface area contributed by atoms with Crippen molar-refractivity contribution in [1.82, 2.24) is 4.90 Å². The minimum absolute atomic E-state index is 0.0272. The summed E-state index contributed by atoms with van der Waals surface area (Å²) in [6.45, 7) is -1.04. The van der Waals surface area contributed by atoms with Gasteiger partial charge in [-0.2, -0.15) is 13.2 Å². The SMILES string of the molecule is O=C(CCOCC(F)(F)F)N(Cc1cccc(Br)c1)C1CC1. The number of carbonyl (C=O) groups excluding carboxylic acids is 1. The van der Waals surface area contributed by atoms with E-state index in [0.717, 1.165) is 22.9 Å². The molecule has 2 rings (SSSR count). The second-order valence-corrected chi connectivity index (χ2v) is 6.22. The highest BCUT2D eigenvalue weighted by molar-refractivity contribution is 9.10. The second-order valence-electron chi connectivity index (χ2n) is 5.30. The summed E-state index contributed by atoms with van der Waals surface area (Å²) in [5, 5.41) is 0. The number of halogens is 4. The Morgan fingerprint density at radius 3 is 2.68 bits per heavy atom. The molecule has 0 spiro atoms. The summed E-state index contributed by atoms with van der Waals surface area (Å²) < 4.78 is 41.4. The lowest BCUT2D eigenvalue weighted by Crippen LogP contribution is -2.33. The molecule has 0 radical (unpaired) electrons. The number of carbonyl (C=O) groups is 1. The van der Waals surface area contributed by atoms with Gasteiger partial charge in [-0.3, -0.25) is 4.79 Å². The summed E-state index contributed by atoms with van der Waals surface area (Å²) in [6.07, 6.45) is -2.48. The average Bonchev–Trinajstić information content (AvgIpc) is 3.24. The first kappa shape index (κ1) is 17.3. The van der Waals surface area contributed by atoms with Crippen molar-refractivity contribution in [3.8, 4) is 0 Å². The lowest BCUT2D eigenvalue weighted by molar-refractivity contribution is -0.175. The third-order valence-electron chi connectivity index (χ3n) is 3.28. The van der Waals surface area contributed by atoms with Crippen LogP contribution in [0, 0.1) is 0 Å². The summed E-state index contributed by atoms with van der Waals surface area (Å²) >= 11 is 3.38. The topological polar surface area (TPSA) is 29.5 Å².